The van der Waals surface area contributed by atoms with E-state index in [0.29, 0.717) is 60.4 Å². The Bertz CT molecular complexity index is 1370. The first-order chi connectivity index (χ1) is 16.5. The van der Waals surface area contributed by atoms with Crippen LogP contribution in [0.1, 0.15) is 16.7 Å². The summed E-state index contributed by atoms with van der Waals surface area (Å²) in [6, 6.07) is 9.59. The molecule has 4 aliphatic heterocycles. The molecule has 3 N–H and O–H groups in total. The monoisotopic (exact) mass is 458 g/mol. The molecule has 4 aliphatic rings. The van der Waals surface area contributed by atoms with Gasteiger partial charge in [-0.15, -0.1) is 0 Å². The second-order valence-corrected chi connectivity index (χ2v) is 8.47. The molecule has 0 saturated heterocycles. The van der Waals surface area contributed by atoms with Crippen LogP contribution >= 0.6 is 0 Å². The van der Waals surface area contributed by atoms with Crippen molar-refractivity contribution in [2.24, 2.45) is 5.73 Å². The van der Waals surface area contributed by atoms with Gasteiger partial charge in [0, 0.05) is 35.1 Å². The first-order valence-electron chi connectivity index (χ1n) is 10.9. The van der Waals surface area contributed by atoms with Crippen LogP contribution < -0.4 is 30.0 Å². The van der Waals surface area contributed by atoms with Gasteiger partial charge in [0.2, 0.25) is 5.91 Å². The van der Waals surface area contributed by atoms with Gasteiger partial charge < -0.3 is 34.9 Å². The number of methoxy groups -OCH3 is 2. The fourth-order valence-electron chi connectivity index (χ4n) is 5.28. The molecule has 172 valence electrons. The Balaban J connectivity index is 1.62. The van der Waals surface area contributed by atoms with Crippen molar-refractivity contribution >= 4 is 17.3 Å². The lowest BCUT2D eigenvalue weighted by molar-refractivity contribution is -0.118. The van der Waals surface area contributed by atoms with Crippen LogP contribution in [-0.4, -0.2) is 44.8 Å². The Morgan fingerprint density at radius 3 is 2.53 bits per heavy atom. The Kier molecular flexibility index (Phi) is 4.23. The largest absolute Gasteiger partial charge is 0.493 e. The molecule has 1 unspecified atom stereocenters. The summed E-state index contributed by atoms with van der Waals surface area (Å²) in [5.41, 5.74) is 9.24. The van der Waals surface area contributed by atoms with Crippen molar-refractivity contribution in [2.75, 3.05) is 39.3 Å². The van der Waals surface area contributed by atoms with E-state index in [1.807, 2.05) is 23.1 Å². The normalized spacial score (nSPS) is 21.7. The molecule has 1 atom stereocenters. The Morgan fingerprint density at radius 1 is 1.12 bits per heavy atom. The van der Waals surface area contributed by atoms with Crippen LogP contribution in [0.2, 0.25) is 0 Å². The van der Waals surface area contributed by atoms with Crippen molar-refractivity contribution < 1.29 is 23.7 Å². The van der Waals surface area contributed by atoms with Gasteiger partial charge in [-0.3, -0.25) is 4.79 Å². The lowest BCUT2D eigenvalue weighted by Gasteiger charge is -2.41. The molecule has 0 aliphatic carbocycles. The number of nitriles is 1. The summed E-state index contributed by atoms with van der Waals surface area (Å²) in [7, 11) is 3.18. The molecule has 1 spiro atoms. The molecular weight excluding hydrogens is 436 g/mol. The first kappa shape index (κ1) is 20.3. The maximum Gasteiger partial charge on any atom is 0.244 e. The molecule has 0 radical (unpaired) electrons. The second kappa shape index (κ2) is 7.09. The highest BCUT2D eigenvalue weighted by Gasteiger charge is 2.54. The lowest BCUT2D eigenvalue weighted by Crippen LogP contribution is -2.45. The number of benzene rings is 2. The number of rotatable bonds is 2. The Morgan fingerprint density at radius 2 is 1.82 bits per heavy atom. The van der Waals surface area contributed by atoms with Gasteiger partial charge in [0.1, 0.15) is 30.5 Å². The van der Waals surface area contributed by atoms with Crippen LogP contribution in [0, 0.1) is 11.3 Å². The SMILES string of the molecule is COc1cc2c(cc1OC)C1=CC3(C(=O)Nc4cc5c(cc43)OCCO5)C(C#N)=C(N)N1CC2. The summed E-state index contributed by atoms with van der Waals surface area (Å²) in [5, 5.41) is 13.1. The third-order valence-electron chi connectivity index (χ3n) is 6.90. The number of nitrogens with two attached hydrogens (primary N) is 1. The van der Waals surface area contributed by atoms with Crippen LogP contribution in [-0.2, 0) is 16.6 Å². The molecule has 0 bridgehead atoms. The molecule has 1 amide bonds. The van der Waals surface area contributed by atoms with Gasteiger partial charge >= 0.3 is 0 Å². The van der Waals surface area contributed by atoms with E-state index in [-0.39, 0.29) is 17.3 Å². The zero-order valence-corrected chi connectivity index (χ0v) is 18.7. The third-order valence-corrected chi connectivity index (χ3v) is 6.90. The van der Waals surface area contributed by atoms with Gasteiger partial charge in [-0.05, 0) is 36.3 Å². The van der Waals surface area contributed by atoms with Gasteiger partial charge in [0.15, 0.2) is 23.0 Å². The van der Waals surface area contributed by atoms with Gasteiger partial charge in [-0.2, -0.15) is 5.26 Å². The van der Waals surface area contributed by atoms with Crippen LogP contribution in [0.5, 0.6) is 23.0 Å². The molecule has 6 rings (SSSR count). The smallest absolute Gasteiger partial charge is 0.244 e. The summed E-state index contributed by atoms with van der Waals surface area (Å²) >= 11 is 0. The van der Waals surface area contributed by atoms with Crippen molar-refractivity contribution in [3.63, 3.8) is 0 Å². The zero-order chi connectivity index (χ0) is 23.6. The molecule has 2 aromatic rings. The zero-order valence-electron chi connectivity index (χ0n) is 18.7. The average Bonchev–Trinajstić information content (AvgIpc) is 3.12. The Hall–Kier alpha value is -4.32. The number of nitrogens with zero attached hydrogens (tertiary/aromatic N) is 2. The standard InChI is InChI=1S/C25H22N4O5/c1-31-19-7-13-3-4-29-18(14(13)8-20(19)32-2)11-25(16(12-26)23(29)27)15-9-21-22(34-6-5-33-21)10-17(15)28-24(25)30/h7-11H,3-6,27H2,1-2H3,(H,28,30). The van der Waals surface area contributed by atoms with Crippen molar-refractivity contribution in [3.8, 4) is 29.1 Å². The minimum Gasteiger partial charge on any atom is -0.493 e. The number of carbonyl (C=O) groups is 1. The minimum atomic E-state index is -1.39. The lowest BCUT2D eigenvalue weighted by atomic mass is 9.71. The maximum atomic E-state index is 13.6. The number of anilines is 1. The summed E-state index contributed by atoms with van der Waals surface area (Å²) in [6.07, 6.45) is 2.53. The molecular formula is C25H22N4O5. The minimum absolute atomic E-state index is 0.188. The predicted molar refractivity (Wildman–Crippen MR) is 122 cm³/mol. The first-order valence-corrected chi connectivity index (χ1v) is 10.9. The number of amides is 1. The number of hydrogen-bond acceptors (Lipinski definition) is 8. The topological polar surface area (TPSA) is 119 Å². The van der Waals surface area contributed by atoms with E-state index in [0.717, 1.165) is 16.8 Å². The second-order valence-electron chi connectivity index (χ2n) is 8.47. The number of fused-ring (bicyclic) bond motifs is 6. The van der Waals surface area contributed by atoms with Crippen LogP contribution in [0.4, 0.5) is 5.69 Å². The van der Waals surface area contributed by atoms with E-state index < -0.39 is 5.41 Å². The van der Waals surface area contributed by atoms with E-state index in [1.165, 1.54) is 0 Å². The predicted octanol–water partition coefficient (Wildman–Crippen LogP) is 2.27. The summed E-state index contributed by atoms with van der Waals surface area (Å²) in [6.45, 7) is 1.41. The summed E-state index contributed by atoms with van der Waals surface area (Å²) < 4.78 is 22.5. The van der Waals surface area contributed by atoms with Crippen molar-refractivity contribution in [2.45, 2.75) is 11.8 Å². The van der Waals surface area contributed by atoms with Crippen LogP contribution in [0.3, 0.4) is 0 Å². The van der Waals surface area contributed by atoms with E-state index in [2.05, 4.69) is 11.4 Å². The average molecular weight is 458 g/mol. The fourth-order valence-corrected chi connectivity index (χ4v) is 5.28. The number of nitrogens with one attached hydrogen (secondary N) is 1. The molecule has 0 aromatic heterocycles. The summed E-state index contributed by atoms with van der Waals surface area (Å²) in [5.74, 6) is 2.22. The summed E-state index contributed by atoms with van der Waals surface area (Å²) in [4.78, 5) is 15.5. The van der Waals surface area contributed by atoms with Gasteiger partial charge in [-0.1, -0.05) is 0 Å². The molecule has 34 heavy (non-hydrogen) atoms. The molecule has 0 fully saturated rings. The fraction of sp³-hybridized carbons (Fsp3) is 0.280. The highest BCUT2D eigenvalue weighted by Crippen LogP contribution is 2.53. The quantitative estimate of drug-likeness (QED) is 0.704. The van der Waals surface area contributed by atoms with E-state index >= 15 is 0 Å². The van der Waals surface area contributed by atoms with E-state index in [1.54, 1.807) is 26.4 Å². The number of ether oxygens (including phenoxy) is 4. The van der Waals surface area contributed by atoms with Crippen LogP contribution in [0.25, 0.3) is 5.70 Å². The molecule has 4 heterocycles. The van der Waals surface area contributed by atoms with Gasteiger partial charge in [-0.25, -0.2) is 0 Å². The maximum absolute atomic E-state index is 13.6. The molecule has 9 heteroatoms. The third kappa shape index (κ3) is 2.51. The van der Waals surface area contributed by atoms with E-state index in [4.69, 9.17) is 24.7 Å². The Labute approximate surface area is 195 Å². The molecule has 2 aromatic carbocycles. The molecule has 9 nitrogen and oxygen atoms in total. The van der Waals surface area contributed by atoms with Crippen molar-refractivity contribution in [1.82, 2.24) is 4.90 Å². The van der Waals surface area contributed by atoms with Gasteiger partial charge in [0.25, 0.3) is 0 Å². The van der Waals surface area contributed by atoms with Crippen molar-refractivity contribution in [3.05, 3.63) is 58.4 Å². The van der Waals surface area contributed by atoms with E-state index in [9.17, 15) is 10.1 Å². The highest BCUT2D eigenvalue weighted by molar-refractivity contribution is 6.12. The molecule has 0 saturated carbocycles. The van der Waals surface area contributed by atoms with Gasteiger partial charge in [0.05, 0.1) is 19.8 Å². The number of hydrogen-bond donors (Lipinski definition) is 2. The number of carbonyl (C=O) groups excluding carboxylic acids is 1. The van der Waals surface area contributed by atoms with Crippen molar-refractivity contribution in [1.29, 1.82) is 5.26 Å². The highest BCUT2D eigenvalue weighted by atomic mass is 16.6. The van der Waals surface area contributed by atoms with Crippen LogP contribution in [0.15, 0.2) is 41.7 Å².